The van der Waals surface area contributed by atoms with E-state index in [0.717, 1.165) is 11.1 Å². The van der Waals surface area contributed by atoms with Gasteiger partial charge in [0.05, 0.1) is 6.42 Å². The molecule has 0 radical (unpaired) electrons. The maximum Gasteiger partial charge on any atom is 0.408 e. The predicted octanol–water partition coefficient (Wildman–Crippen LogP) is 3.09. The standard InChI is InChI=1S/C24H31N3O4/c1-24(2,3)31-23(30)27-20(16-21(25)28)22(29)26-15-14-19(17-10-6-4-7-11-17)18-12-8-5-9-13-18/h4-13,19-20H,14-16H2,1-3H3,(H2,25,28)(H,26,29)(H,27,30)/t20-/m1/s1. The van der Waals surface area contributed by atoms with E-state index < -0.39 is 29.6 Å². The molecule has 2 aromatic rings. The lowest BCUT2D eigenvalue weighted by atomic mass is 9.88. The molecule has 7 heteroatoms. The topological polar surface area (TPSA) is 111 Å². The lowest BCUT2D eigenvalue weighted by molar-refractivity contribution is -0.127. The Bertz CT molecular complexity index is 824. The summed E-state index contributed by atoms with van der Waals surface area (Å²) in [4.78, 5) is 36.1. The molecule has 166 valence electrons. The molecule has 0 bridgehead atoms. The molecule has 0 aliphatic heterocycles. The quantitative estimate of drug-likeness (QED) is 0.573. The van der Waals surface area contributed by atoms with Crippen molar-refractivity contribution in [2.45, 2.75) is 51.2 Å². The molecule has 1 atom stereocenters. The average Bonchev–Trinajstić information content (AvgIpc) is 2.70. The molecule has 2 aromatic carbocycles. The number of amides is 3. The first kappa shape index (κ1) is 23.9. The SMILES string of the molecule is CC(C)(C)OC(=O)N[C@H](CC(N)=O)C(=O)NCCC(c1ccccc1)c1ccccc1. The fraction of sp³-hybridized carbons (Fsp3) is 0.375. The van der Waals surface area contributed by atoms with Crippen molar-refractivity contribution in [3.8, 4) is 0 Å². The first-order valence-corrected chi connectivity index (χ1v) is 10.3. The third kappa shape index (κ3) is 8.50. The number of rotatable bonds is 9. The number of ether oxygens (including phenoxy) is 1. The van der Waals surface area contributed by atoms with Crippen LogP contribution in [0.3, 0.4) is 0 Å². The Labute approximate surface area is 183 Å². The highest BCUT2D eigenvalue weighted by atomic mass is 16.6. The van der Waals surface area contributed by atoms with Gasteiger partial charge in [-0.15, -0.1) is 0 Å². The second-order valence-electron chi connectivity index (χ2n) is 8.32. The second-order valence-corrected chi connectivity index (χ2v) is 8.32. The van der Waals surface area contributed by atoms with Crippen molar-refractivity contribution in [1.82, 2.24) is 10.6 Å². The van der Waals surface area contributed by atoms with Gasteiger partial charge in [-0.25, -0.2) is 4.79 Å². The summed E-state index contributed by atoms with van der Waals surface area (Å²) in [6, 6.07) is 19.0. The van der Waals surface area contributed by atoms with Gasteiger partial charge in [-0.3, -0.25) is 9.59 Å². The van der Waals surface area contributed by atoms with Crippen molar-refractivity contribution in [2.75, 3.05) is 6.54 Å². The predicted molar refractivity (Wildman–Crippen MR) is 119 cm³/mol. The number of nitrogens with one attached hydrogen (secondary N) is 2. The third-order valence-corrected chi connectivity index (χ3v) is 4.55. The van der Waals surface area contributed by atoms with Crippen LogP contribution in [0.4, 0.5) is 4.79 Å². The summed E-state index contributed by atoms with van der Waals surface area (Å²) in [5, 5.41) is 5.24. The Hall–Kier alpha value is -3.35. The van der Waals surface area contributed by atoms with Crippen LogP contribution in [0.15, 0.2) is 60.7 Å². The highest BCUT2D eigenvalue weighted by molar-refractivity contribution is 5.90. The van der Waals surface area contributed by atoms with Gasteiger partial charge in [-0.1, -0.05) is 60.7 Å². The summed E-state index contributed by atoms with van der Waals surface area (Å²) in [5.74, 6) is -1.08. The highest BCUT2D eigenvalue weighted by Gasteiger charge is 2.26. The monoisotopic (exact) mass is 425 g/mol. The van der Waals surface area contributed by atoms with Crippen LogP contribution in [0.5, 0.6) is 0 Å². The van der Waals surface area contributed by atoms with Crippen LogP contribution >= 0.6 is 0 Å². The Morgan fingerprint density at radius 3 is 1.90 bits per heavy atom. The zero-order valence-corrected chi connectivity index (χ0v) is 18.3. The van der Waals surface area contributed by atoms with Gasteiger partial charge in [0, 0.05) is 12.5 Å². The second kappa shape index (κ2) is 11.2. The van der Waals surface area contributed by atoms with E-state index in [1.165, 1.54) is 0 Å². The smallest absolute Gasteiger partial charge is 0.408 e. The average molecular weight is 426 g/mol. The Balaban J connectivity index is 2.02. The Morgan fingerprint density at radius 1 is 0.935 bits per heavy atom. The van der Waals surface area contributed by atoms with E-state index in [2.05, 4.69) is 34.9 Å². The number of carbonyl (C=O) groups is 3. The van der Waals surface area contributed by atoms with E-state index in [1.807, 2.05) is 36.4 Å². The number of nitrogens with two attached hydrogens (primary N) is 1. The van der Waals surface area contributed by atoms with Crippen molar-refractivity contribution in [3.05, 3.63) is 71.8 Å². The zero-order chi connectivity index (χ0) is 22.9. The van der Waals surface area contributed by atoms with Crippen molar-refractivity contribution in [1.29, 1.82) is 0 Å². The first-order valence-electron chi connectivity index (χ1n) is 10.3. The van der Waals surface area contributed by atoms with Crippen LogP contribution in [-0.2, 0) is 14.3 Å². The summed E-state index contributed by atoms with van der Waals surface area (Å²) >= 11 is 0. The number of alkyl carbamates (subject to hydrolysis) is 1. The molecule has 0 unspecified atom stereocenters. The van der Waals surface area contributed by atoms with Crippen molar-refractivity contribution >= 4 is 17.9 Å². The van der Waals surface area contributed by atoms with E-state index in [4.69, 9.17) is 10.5 Å². The summed E-state index contributed by atoms with van der Waals surface area (Å²) in [7, 11) is 0. The van der Waals surface area contributed by atoms with Gasteiger partial charge in [0.15, 0.2) is 0 Å². The van der Waals surface area contributed by atoms with Gasteiger partial charge < -0.3 is 21.1 Å². The molecule has 3 amide bonds. The molecule has 0 spiro atoms. The van der Waals surface area contributed by atoms with Crippen LogP contribution in [0.1, 0.15) is 50.7 Å². The van der Waals surface area contributed by atoms with Gasteiger partial charge in [-0.2, -0.15) is 0 Å². The normalized spacial score (nSPS) is 12.1. The first-order chi connectivity index (χ1) is 14.7. The molecular formula is C24H31N3O4. The van der Waals surface area contributed by atoms with Gasteiger partial charge >= 0.3 is 6.09 Å². The maximum atomic E-state index is 12.6. The molecule has 31 heavy (non-hydrogen) atoms. The lowest BCUT2D eigenvalue weighted by Crippen LogP contribution is -2.50. The summed E-state index contributed by atoms with van der Waals surface area (Å²) in [6.07, 6.45) is -0.443. The van der Waals surface area contributed by atoms with Gasteiger partial charge in [0.25, 0.3) is 0 Å². The molecule has 4 N–H and O–H groups in total. The third-order valence-electron chi connectivity index (χ3n) is 4.55. The molecule has 0 fully saturated rings. The van der Waals surface area contributed by atoms with Gasteiger partial charge in [0.1, 0.15) is 11.6 Å². The van der Waals surface area contributed by atoms with E-state index >= 15 is 0 Å². The van der Waals surface area contributed by atoms with Crippen LogP contribution in [0.2, 0.25) is 0 Å². The van der Waals surface area contributed by atoms with E-state index in [-0.39, 0.29) is 12.3 Å². The number of carbonyl (C=O) groups excluding carboxylic acids is 3. The maximum absolute atomic E-state index is 12.6. The molecule has 0 aliphatic rings. The lowest BCUT2D eigenvalue weighted by Gasteiger charge is -2.23. The molecule has 0 aromatic heterocycles. The van der Waals surface area contributed by atoms with E-state index in [9.17, 15) is 14.4 Å². The fourth-order valence-electron chi connectivity index (χ4n) is 3.22. The van der Waals surface area contributed by atoms with Crippen LogP contribution in [0, 0.1) is 0 Å². The number of benzene rings is 2. The van der Waals surface area contributed by atoms with Crippen LogP contribution < -0.4 is 16.4 Å². The zero-order valence-electron chi connectivity index (χ0n) is 18.3. The molecule has 0 heterocycles. The minimum Gasteiger partial charge on any atom is -0.444 e. The number of primary amides is 1. The minimum absolute atomic E-state index is 0.0936. The molecule has 0 aliphatic carbocycles. The van der Waals surface area contributed by atoms with Crippen LogP contribution in [-0.4, -0.2) is 36.1 Å². The van der Waals surface area contributed by atoms with E-state index in [1.54, 1.807) is 20.8 Å². The minimum atomic E-state index is -1.10. The molecule has 0 saturated heterocycles. The summed E-state index contributed by atoms with van der Waals surface area (Å²) < 4.78 is 5.18. The highest BCUT2D eigenvalue weighted by Crippen LogP contribution is 2.27. The molecule has 0 saturated carbocycles. The fourth-order valence-corrected chi connectivity index (χ4v) is 3.22. The van der Waals surface area contributed by atoms with Gasteiger partial charge in [0.2, 0.25) is 11.8 Å². The molecule has 7 nitrogen and oxygen atoms in total. The largest absolute Gasteiger partial charge is 0.444 e. The Morgan fingerprint density at radius 2 is 1.45 bits per heavy atom. The number of hydrogen-bond acceptors (Lipinski definition) is 4. The molecule has 2 rings (SSSR count). The van der Waals surface area contributed by atoms with Crippen LogP contribution in [0.25, 0.3) is 0 Å². The van der Waals surface area contributed by atoms with Crippen molar-refractivity contribution in [2.24, 2.45) is 5.73 Å². The van der Waals surface area contributed by atoms with Crippen molar-refractivity contribution in [3.63, 3.8) is 0 Å². The summed E-state index contributed by atoms with van der Waals surface area (Å²) in [6.45, 7) is 5.49. The Kier molecular flexibility index (Phi) is 8.61. The summed E-state index contributed by atoms with van der Waals surface area (Å²) in [5.41, 5.74) is 6.81. The molecular weight excluding hydrogens is 394 g/mol. The van der Waals surface area contributed by atoms with Gasteiger partial charge in [-0.05, 0) is 38.3 Å². The van der Waals surface area contributed by atoms with Crippen molar-refractivity contribution < 1.29 is 19.1 Å². The van der Waals surface area contributed by atoms with E-state index in [0.29, 0.717) is 13.0 Å². The number of hydrogen-bond donors (Lipinski definition) is 3.